The minimum atomic E-state index is -0.493. The van der Waals surface area contributed by atoms with Crippen molar-refractivity contribution in [2.24, 2.45) is 5.92 Å². The first kappa shape index (κ1) is 23.4. The van der Waals surface area contributed by atoms with Crippen molar-refractivity contribution in [3.05, 3.63) is 83.4 Å². The Kier molecular flexibility index (Phi) is 6.87. The third-order valence-corrected chi connectivity index (χ3v) is 6.40. The van der Waals surface area contributed by atoms with Gasteiger partial charge in [-0.2, -0.15) is 0 Å². The molecule has 0 bridgehead atoms. The fourth-order valence-electron chi connectivity index (χ4n) is 4.53. The zero-order valence-electron chi connectivity index (χ0n) is 20.0. The molecule has 176 valence electrons. The predicted octanol–water partition coefficient (Wildman–Crippen LogP) is 5.44. The van der Waals surface area contributed by atoms with E-state index in [9.17, 15) is 9.59 Å². The van der Waals surface area contributed by atoms with E-state index in [1.54, 1.807) is 19.1 Å². The number of benzene rings is 3. The number of piperidine rings is 1. The summed E-state index contributed by atoms with van der Waals surface area (Å²) in [6, 6.07) is 20.6. The summed E-state index contributed by atoms with van der Waals surface area (Å²) in [6.07, 6.45) is 0.751. The van der Waals surface area contributed by atoms with Crippen LogP contribution < -0.4 is 19.7 Å². The first-order valence-corrected chi connectivity index (χ1v) is 11.4. The Morgan fingerprint density at radius 1 is 0.941 bits per heavy atom. The molecular weight excluding hydrogens is 428 g/mol. The van der Waals surface area contributed by atoms with Gasteiger partial charge in [-0.15, -0.1) is 0 Å². The lowest BCUT2D eigenvalue weighted by molar-refractivity contribution is -0.125. The second-order valence-corrected chi connectivity index (χ2v) is 8.61. The molecule has 1 N–H and O–H groups in total. The van der Waals surface area contributed by atoms with Gasteiger partial charge in [0.1, 0.15) is 0 Å². The number of para-hydroxylation sites is 1. The van der Waals surface area contributed by atoms with Gasteiger partial charge < -0.3 is 19.7 Å². The molecule has 1 saturated heterocycles. The highest BCUT2D eigenvalue weighted by atomic mass is 16.5. The summed E-state index contributed by atoms with van der Waals surface area (Å²) in [5.41, 5.74) is 4.45. The number of nitrogens with zero attached hydrogens (tertiary/aromatic N) is 1. The van der Waals surface area contributed by atoms with Crippen LogP contribution in [0.2, 0.25) is 0 Å². The lowest BCUT2D eigenvalue weighted by Crippen LogP contribution is -2.47. The van der Waals surface area contributed by atoms with E-state index in [4.69, 9.17) is 9.47 Å². The van der Waals surface area contributed by atoms with E-state index in [1.165, 1.54) is 0 Å². The number of carbonyl (C=O) groups excluding carboxylic acids is 2. The van der Waals surface area contributed by atoms with E-state index in [1.807, 2.05) is 80.6 Å². The van der Waals surface area contributed by atoms with Gasteiger partial charge in [0.15, 0.2) is 11.5 Å². The van der Waals surface area contributed by atoms with Gasteiger partial charge in [0, 0.05) is 17.8 Å². The van der Waals surface area contributed by atoms with Gasteiger partial charge >= 0.3 is 0 Å². The van der Waals surface area contributed by atoms with Gasteiger partial charge in [0.05, 0.1) is 26.2 Å². The molecule has 0 radical (unpaired) electrons. The highest BCUT2D eigenvalue weighted by Crippen LogP contribution is 2.43. The lowest BCUT2D eigenvalue weighted by Gasteiger charge is -2.41. The smallest absolute Gasteiger partial charge is 0.229 e. The molecule has 2 atom stereocenters. The quantitative estimate of drug-likeness (QED) is 0.534. The number of ether oxygens (including phenoxy) is 2. The summed E-state index contributed by atoms with van der Waals surface area (Å²) in [7, 11) is 3.16. The summed E-state index contributed by atoms with van der Waals surface area (Å²) in [5.74, 6) is 0.579. The van der Waals surface area contributed by atoms with Gasteiger partial charge in [-0.05, 0) is 61.7 Å². The Morgan fingerprint density at radius 3 is 2.32 bits per heavy atom. The van der Waals surface area contributed by atoms with Crippen LogP contribution in [0.1, 0.15) is 35.6 Å². The summed E-state index contributed by atoms with van der Waals surface area (Å²) in [4.78, 5) is 28.6. The molecule has 3 aromatic carbocycles. The van der Waals surface area contributed by atoms with E-state index in [-0.39, 0.29) is 11.8 Å². The molecule has 0 aromatic heterocycles. The zero-order chi connectivity index (χ0) is 24.2. The number of hydrogen-bond acceptors (Lipinski definition) is 4. The first-order chi connectivity index (χ1) is 16.4. The molecule has 2 amide bonds. The molecule has 1 heterocycles. The summed E-state index contributed by atoms with van der Waals surface area (Å²) in [5, 5.41) is 3.09. The summed E-state index contributed by atoms with van der Waals surface area (Å²) >= 11 is 0. The van der Waals surface area contributed by atoms with Crippen LogP contribution in [0, 0.1) is 19.8 Å². The van der Waals surface area contributed by atoms with E-state index >= 15 is 0 Å². The van der Waals surface area contributed by atoms with Gasteiger partial charge in [-0.25, -0.2) is 0 Å². The van der Waals surface area contributed by atoms with Crippen LogP contribution in [-0.4, -0.2) is 26.0 Å². The number of amides is 2. The second kappa shape index (κ2) is 10.00. The van der Waals surface area contributed by atoms with Crippen molar-refractivity contribution < 1.29 is 19.1 Å². The SMILES string of the molecule is COc1ccc(C2C(C(=O)Nc3ccccc3C)CCC(=O)N2c2ccc(C)cc2)cc1OC. The molecule has 1 aliphatic heterocycles. The summed E-state index contributed by atoms with van der Waals surface area (Å²) < 4.78 is 10.9. The highest BCUT2D eigenvalue weighted by Gasteiger charge is 2.42. The van der Waals surface area contributed by atoms with Crippen LogP contribution in [0.25, 0.3) is 0 Å². The number of hydrogen-bond donors (Lipinski definition) is 1. The van der Waals surface area contributed by atoms with Crippen molar-refractivity contribution >= 4 is 23.2 Å². The third-order valence-electron chi connectivity index (χ3n) is 6.40. The van der Waals surface area contributed by atoms with E-state index in [0.29, 0.717) is 24.3 Å². The molecule has 2 unspecified atom stereocenters. The fraction of sp³-hybridized carbons (Fsp3) is 0.286. The Morgan fingerprint density at radius 2 is 1.65 bits per heavy atom. The second-order valence-electron chi connectivity index (χ2n) is 8.61. The molecular formula is C28H30N2O4. The molecule has 6 nitrogen and oxygen atoms in total. The molecule has 4 rings (SSSR count). The van der Waals surface area contributed by atoms with E-state index in [2.05, 4.69) is 5.32 Å². The molecule has 0 spiro atoms. The maximum Gasteiger partial charge on any atom is 0.229 e. The van der Waals surface area contributed by atoms with Crippen LogP contribution in [0.4, 0.5) is 11.4 Å². The van der Waals surface area contributed by atoms with Gasteiger partial charge in [0.2, 0.25) is 11.8 Å². The Labute approximate surface area is 200 Å². The van der Waals surface area contributed by atoms with Gasteiger partial charge in [0.25, 0.3) is 0 Å². The van der Waals surface area contributed by atoms with Crippen LogP contribution in [0.3, 0.4) is 0 Å². The Bertz CT molecular complexity index is 1190. The normalized spacial score (nSPS) is 17.9. The largest absolute Gasteiger partial charge is 0.493 e. The average molecular weight is 459 g/mol. The van der Waals surface area contributed by atoms with Crippen molar-refractivity contribution in [2.75, 3.05) is 24.4 Å². The van der Waals surface area contributed by atoms with Gasteiger partial charge in [-0.3, -0.25) is 9.59 Å². The average Bonchev–Trinajstić information content (AvgIpc) is 2.85. The van der Waals surface area contributed by atoms with Crippen molar-refractivity contribution in [3.63, 3.8) is 0 Å². The fourth-order valence-corrected chi connectivity index (χ4v) is 4.53. The molecule has 1 aliphatic rings. The Balaban J connectivity index is 1.79. The molecule has 6 heteroatoms. The number of methoxy groups -OCH3 is 2. The highest BCUT2D eigenvalue weighted by molar-refractivity contribution is 6.00. The first-order valence-electron chi connectivity index (χ1n) is 11.4. The number of rotatable bonds is 6. The topological polar surface area (TPSA) is 67.9 Å². The molecule has 1 fully saturated rings. The van der Waals surface area contributed by atoms with Gasteiger partial charge in [-0.1, -0.05) is 42.0 Å². The number of carbonyl (C=O) groups is 2. The van der Waals surface area contributed by atoms with E-state index in [0.717, 1.165) is 28.1 Å². The maximum absolute atomic E-state index is 13.6. The molecule has 34 heavy (non-hydrogen) atoms. The van der Waals surface area contributed by atoms with Crippen LogP contribution in [0.5, 0.6) is 11.5 Å². The third kappa shape index (κ3) is 4.62. The van der Waals surface area contributed by atoms with Crippen LogP contribution in [-0.2, 0) is 9.59 Å². The van der Waals surface area contributed by atoms with E-state index < -0.39 is 12.0 Å². The minimum Gasteiger partial charge on any atom is -0.493 e. The number of anilines is 2. The zero-order valence-corrected chi connectivity index (χ0v) is 20.0. The van der Waals surface area contributed by atoms with Crippen molar-refractivity contribution in [1.29, 1.82) is 0 Å². The van der Waals surface area contributed by atoms with Crippen molar-refractivity contribution in [2.45, 2.75) is 32.7 Å². The van der Waals surface area contributed by atoms with Crippen LogP contribution in [0.15, 0.2) is 66.7 Å². The number of nitrogens with one attached hydrogen (secondary N) is 1. The van der Waals surface area contributed by atoms with Crippen molar-refractivity contribution in [1.82, 2.24) is 0 Å². The lowest BCUT2D eigenvalue weighted by atomic mass is 9.83. The monoisotopic (exact) mass is 458 g/mol. The predicted molar refractivity (Wildman–Crippen MR) is 133 cm³/mol. The molecule has 3 aromatic rings. The maximum atomic E-state index is 13.6. The molecule has 0 saturated carbocycles. The minimum absolute atomic E-state index is 0.0106. The Hall–Kier alpha value is -3.80. The standard InChI is InChI=1S/C28H30N2O4/c1-18-9-12-21(13-10-18)30-26(31)16-14-22(28(32)29-23-8-6-5-7-19(23)2)27(30)20-11-15-24(33-3)25(17-20)34-4/h5-13,15,17,22,27H,14,16H2,1-4H3,(H,29,32). The molecule has 0 aliphatic carbocycles. The number of aryl methyl sites for hydroxylation is 2. The van der Waals surface area contributed by atoms with Crippen molar-refractivity contribution in [3.8, 4) is 11.5 Å². The summed E-state index contributed by atoms with van der Waals surface area (Å²) in [6.45, 7) is 3.97. The van der Waals surface area contributed by atoms with Crippen LogP contribution >= 0.6 is 0 Å².